The summed E-state index contributed by atoms with van der Waals surface area (Å²) in [7, 11) is 2.13. The molecule has 6 nitrogen and oxygen atoms in total. The lowest BCUT2D eigenvalue weighted by atomic mass is 10.0. The van der Waals surface area contributed by atoms with Crippen molar-refractivity contribution in [1.82, 2.24) is 20.1 Å². The maximum absolute atomic E-state index is 13.4. The third-order valence-electron chi connectivity index (χ3n) is 5.56. The highest BCUT2D eigenvalue weighted by Gasteiger charge is 2.29. The van der Waals surface area contributed by atoms with Crippen LogP contribution in [0.3, 0.4) is 0 Å². The van der Waals surface area contributed by atoms with Gasteiger partial charge in [0.2, 0.25) is 0 Å². The van der Waals surface area contributed by atoms with Gasteiger partial charge in [-0.3, -0.25) is 4.79 Å². The Morgan fingerprint density at radius 1 is 1.14 bits per heavy atom. The van der Waals surface area contributed by atoms with Crippen LogP contribution in [0.2, 0.25) is 5.02 Å². The van der Waals surface area contributed by atoms with Crippen molar-refractivity contribution in [1.29, 1.82) is 0 Å². The van der Waals surface area contributed by atoms with Crippen molar-refractivity contribution in [3.8, 4) is 0 Å². The molecule has 1 aromatic carbocycles. The highest BCUT2D eigenvalue weighted by Crippen LogP contribution is 2.27. The second-order valence-electron chi connectivity index (χ2n) is 7.47. The van der Waals surface area contributed by atoms with Crippen LogP contribution in [0, 0.1) is 0 Å². The number of carbonyl (C=O) groups is 1. The molecule has 0 bridgehead atoms. The second-order valence-corrected chi connectivity index (χ2v) is 7.90. The minimum Gasteiger partial charge on any atom is -0.354 e. The molecule has 2 aliphatic rings. The van der Waals surface area contributed by atoms with Gasteiger partial charge in [0.25, 0.3) is 5.91 Å². The number of anilines is 1. The third-order valence-corrected chi connectivity index (χ3v) is 5.79. The number of pyridine rings is 1. The predicted octanol–water partition coefficient (Wildman–Crippen LogP) is 2.27. The summed E-state index contributed by atoms with van der Waals surface area (Å²) in [5.41, 5.74) is 1.75. The Hall–Kier alpha value is -2.15. The number of piperazine rings is 2. The van der Waals surface area contributed by atoms with Crippen LogP contribution < -0.4 is 10.2 Å². The molecule has 4 rings (SSSR count). The topological polar surface area (TPSA) is 51.7 Å². The summed E-state index contributed by atoms with van der Waals surface area (Å²) in [6.45, 7) is 6.06. The van der Waals surface area contributed by atoms with E-state index in [0.29, 0.717) is 17.1 Å². The molecular formula is C21H26ClN5O. The summed E-state index contributed by atoms with van der Waals surface area (Å²) < 4.78 is 0. The molecule has 1 amide bonds. The standard InChI is InChI=1S/C21H26ClN5O/c1-25-9-11-26(12-10-25)20-14-17(5-6-24-20)21(28)27-8-7-23-15-19(27)16-3-2-4-18(22)13-16/h2-6,13-14,19,23H,7-12,15H2,1H3. The average Bonchev–Trinajstić information content (AvgIpc) is 2.74. The monoisotopic (exact) mass is 399 g/mol. The first kappa shape index (κ1) is 19.2. The van der Waals surface area contributed by atoms with E-state index in [1.165, 1.54) is 0 Å². The largest absolute Gasteiger partial charge is 0.354 e. The molecule has 7 heteroatoms. The van der Waals surface area contributed by atoms with Gasteiger partial charge >= 0.3 is 0 Å². The number of nitrogens with one attached hydrogen (secondary N) is 1. The van der Waals surface area contributed by atoms with E-state index < -0.39 is 0 Å². The normalized spacial score (nSPS) is 21.0. The Labute approximate surface area is 171 Å². The Bertz CT molecular complexity index is 837. The molecule has 1 N–H and O–H groups in total. The van der Waals surface area contributed by atoms with Crippen LogP contribution in [0.5, 0.6) is 0 Å². The summed E-state index contributed by atoms with van der Waals surface area (Å²) in [5.74, 6) is 0.928. The summed E-state index contributed by atoms with van der Waals surface area (Å²) in [4.78, 5) is 24.4. The molecule has 28 heavy (non-hydrogen) atoms. The van der Waals surface area contributed by atoms with E-state index >= 15 is 0 Å². The molecule has 0 saturated carbocycles. The zero-order valence-electron chi connectivity index (χ0n) is 16.1. The molecule has 148 valence electrons. The molecule has 2 saturated heterocycles. The first-order valence-corrected chi connectivity index (χ1v) is 10.2. The van der Waals surface area contributed by atoms with Crippen molar-refractivity contribution in [3.05, 3.63) is 58.7 Å². The van der Waals surface area contributed by atoms with Gasteiger partial charge in [0.05, 0.1) is 6.04 Å². The fourth-order valence-corrected chi connectivity index (χ4v) is 4.08. The van der Waals surface area contributed by atoms with Crippen molar-refractivity contribution in [2.24, 2.45) is 0 Å². The predicted molar refractivity (Wildman–Crippen MR) is 112 cm³/mol. The number of halogens is 1. The first-order chi connectivity index (χ1) is 13.6. The Kier molecular flexibility index (Phi) is 5.80. The van der Waals surface area contributed by atoms with Crippen molar-refractivity contribution >= 4 is 23.3 Å². The third kappa shape index (κ3) is 4.14. The molecule has 2 aromatic rings. The summed E-state index contributed by atoms with van der Waals surface area (Å²) >= 11 is 6.18. The van der Waals surface area contributed by atoms with Gasteiger partial charge in [0.15, 0.2) is 0 Å². The number of aromatic nitrogens is 1. The lowest BCUT2D eigenvalue weighted by Gasteiger charge is -2.37. The van der Waals surface area contributed by atoms with Crippen LogP contribution in [-0.2, 0) is 0 Å². The van der Waals surface area contributed by atoms with E-state index in [0.717, 1.165) is 50.6 Å². The minimum absolute atomic E-state index is 0.0276. The van der Waals surface area contributed by atoms with Crippen molar-refractivity contribution in [2.45, 2.75) is 6.04 Å². The molecule has 0 spiro atoms. The molecule has 1 unspecified atom stereocenters. The van der Waals surface area contributed by atoms with Gasteiger partial charge in [-0.1, -0.05) is 23.7 Å². The maximum Gasteiger partial charge on any atom is 0.254 e. The van der Waals surface area contributed by atoms with Crippen LogP contribution in [0.25, 0.3) is 0 Å². The zero-order valence-corrected chi connectivity index (χ0v) is 16.9. The zero-order chi connectivity index (χ0) is 19.5. The maximum atomic E-state index is 13.4. The summed E-state index contributed by atoms with van der Waals surface area (Å²) in [6, 6.07) is 11.5. The summed E-state index contributed by atoms with van der Waals surface area (Å²) in [6.07, 6.45) is 1.75. The fraction of sp³-hybridized carbons (Fsp3) is 0.429. The van der Waals surface area contributed by atoms with Crippen LogP contribution in [0.1, 0.15) is 22.0 Å². The van der Waals surface area contributed by atoms with E-state index in [1.54, 1.807) is 6.20 Å². The molecule has 3 heterocycles. The van der Waals surface area contributed by atoms with Crippen LogP contribution >= 0.6 is 11.6 Å². The van der Waals surface area contributed by atoms with E-state index in [4.69, 9.17) is 11.6 Å². The molecule has 2 fully saturated rings. The molecule has 1 atom stereocenters. The van der Waals surface area contributed by atoms with Crippen LogP contribution in [0.4, 0.5) is 5.82 Å². The smallest absolute Gasteiger partial charge is 0.254 e. The minimum atomic E-state index is -0.0276. The van der Waals surface area contributed by atoms with E-state index in [2.05, 4.69) is 27.1 Å². The quantitative estimate of drug-likeness (QED) is 0.858. The molecule has 1 aromatic heterocycles. The number of benzene rings is 1. The van der Waals surface area contributed by atoms with Crippen LogP contribution in [0.15, 0.2) is 42.6 Å². The number of carbonyl (C=O) groups excluding carboxylic acids is 1. The number of nitrogens with zero attached hydrogens (tertiary/aromatic N) is 4. The molecule has 0 radical (unpaired) electrons. The van der Waals surface area contributed by atoms with Crippen molar-refractivity contribution in [3.63, 3.8) is 0 Å². The average molecular weight is 400 g/mol. The van der Waals surface area contributed by atoms with Crippen molar-refractivity contribution in [2.75, 3.05) is 57.8 Å². The van der Waals surface area contributed by atoms with Crippen LogP contribution in [-0.4, -0.2) is 73.6 Å². The highest BCUT2D eigenvalue weighted by atomic mass is 35.5. The second kappa shape index (κ2) is 8.47. The number of hydrogen-bond donors (Lipinski definition) is 1. The Morgan fingerprint density at radius 2 is 1.96 bits per heavy atom. The lowest BCUT2D eigenvalue weighted by molar-refractivity contribution is 0.0634. The van der Waals surface area contributed by atoms with Gasteiger partial charge in [-0.15, -0.1) is 0 Å². The van der Waals surface area contributed by atoms with Gasteiger partial charge in [-0.2, -0.15) is 0 Å². The highest BCUT2D eigenvalue weighted by molar-refractivity contribution is 6.30. The molecular weight excluding hydrogens is 374 g/mol. The summed E-state index contributed by atoms with van der Waals surface area (Å²) in [5, 5.41) is 4.09. The van der Waals surface area contributed by atoms with Gasteiger partial charge in [0, 0.05) is 62.6 Å². The lowest BCUT2D eigenvalue weighted by Crippen LogP contribution is -2.48. The Morgan fingerprint density at radius 3 is 2.75 bits per heavy atom. The number of amides is 1. The molecule has 0 aliphatic carbocycles. The SMILES string of the molecule is CN1CCN(c2cc(C(=O)N3CCNCC3c3cccc(Cl)c3)ccn2)CC1. The Balaban J connectivity index is 1.56. The molecule has 2 aliphatic heterocycles. The van der Waals surface area contributed by atoms with Gasteiger partial charge < -0.3 is 20.0 Å². The van der Waals surface area contributed by atoms with E-state index in [9.17, 15) is 4.79 Å². The fourth-order valence-electron chi connectivity index (χ4n) is 3.88. The van der Waals surface area contributed by atoms with E-state index in [-0.39, 0.29) is 11.9 Å². The number of rotatable bonds is 3. The van der Waals surface area contributed by atoms with Gasteiger partial charge in [0.1, 0.15) is 5.82 Å². The number of likely N-dealkylation sites (N-methyl/N-ethyl adjacent to an activating group) is 1. The van der Waals surface area contributed by atoms with Crippen molar-refractivity contribution < 1.29 is 4.79 Å². The first-order valence-electron chi connectivity index (χ1n) is 9.78. The van der Waals surface area contributed by atoms with Gasteiger partial charge in [-0.25, -0.2) is 4.98 Å². The van der Waals surface area contributed by atoms with E-state index in [1.807, 2.05) is 41.3 Å². The number of hydrogen-bond acceptors (Lipinski definition) is 5. The van der Waals surface area contributed by atoms with Gasteiger partial charge in [-0.05, 0) is 36.9 Å².